The average Bonchev–Trinajstić information content (AvgIpc) is 2.77. The fourth-order valence-electron chi connectivity index (χ4n) is 3.18. The number of unbranched alkanes of at least 4 members (excludes halogenated alkanes) is 1. The molecule has 1 N–H and O–H groups in total. The lowest BCUT2D eigenvalue weighted by molar-refractivity contribution is 0.306. The molecule has 0 radical (unpaired) electrons. The third-order valence-corrected chi connectivity index (χ3v) is 4.47. The summed E-state index contributed by atoms with van der Waals surface area (Å²) in [6, 6.07) is 0. The van der Waals surface area contributed by atoms with Gasteiger partial charge in [-0.15, -0.1) is 0 Å². The molecule has 0 aliphatic heterocycles. The Morgan fingerprint density at radius 2 is 2.12 bits per heavy atom. The summed E-state index contributed by atoms with van der Waals surface area (Å²) < 4.78 is 0. The second-order valence-electron chi connectivity index (χ2n) is 7.02. The second-order valence-corrected chi connectivity index (χ2v) is 7.02. The van der Waals surface area contributed by atoms with Crippen molar-refractivity contribution in [2.45, 2.75) is 59.8 Å². The van der Waals surface area contributed by atoms with Crippen LogP contribution in [0.1, 0.15) is 59.8 Å². The zero-order valence-electron chi connectivity index (χ0n) is 16.7. The van der Waals surface area contributed by atoms with Crippen molar-refractivity contribution < 1.29 is 5.11 Å². The molecule has 0 heterocycles. The first kappa shape index (κ1) is 21.5. The van der Waals surface area contributed by atoms with Gasteiger partial charge < -0.3 is 5.11 Å². The van der Waals surface area contributed by atoms with Crippen molar-refractivity contribution >= 4 is 0 Å². The number of allylic oxidation sites excluding steroid dienone is 6. The van der Waals surface area contributed by atoms with Crippen LogP contribution in [0.4, 0.5) is 0 Å². The van der Waals surface area contributed by atoms with Crippen LogP contribution in [-0.2, 0) is 0 Å². The van der Waals surface area contributed by atoms with Crippen molar-refractivity contribution in [1.82, 2.24) is 4.90 Å². The van der Waals surface area contributed by atoms with Crippen LogP contribution in [0, 0.1) is 5.92 Å². The Bertz CT molecular complexity index is 522. The van der Waals surface area contributed by atoms with E-state index in [-0.39, 0.29) is 0 Å². The van der Waals surface area contributed by atoms with E-state index >= 15 is 0 Å². The first-order valence-electron chi connectivity index (χ1n) is 9.91. The highest BCUT2D eigenvalue weighted by atomic mass is 16.3. The highest BCUT2D eigenvalue weighted by Crippen LogP contribution is 2.17. The molecule has 1 unspecified atom stereocenters. The molecule has 0 spiro atoms. The van der Waals surface area contributed by atoms with Gasteiger partial charge in [-0.3, -0.25) is 4.90 Å². The fraction of sp³-hybridized carbons (Fsp3) is 0.565. The Kier molecular flexibility index (Phi) is 11.0. The number of aliphatic hydroxyl groups excluding tert-OH is 1. The minimum absolute atomic E-state index is 0.408. The standard InChI is InChI=1S/C23H37NO/c1-5-8-16-24(19-22-14-10-9-11-15-23(22)25)18-21(13-7-3)17-20(4)12-6-2/h7,9,11,13-15,17,20,25H,5-6,8,10,12,16,18-19H2,1-4H3/b13-7-,21-17+. The Morgan fingerprint density at radius 3 is 2.80 bits per heavy atom. The van der Waals surface area contributed by atoms with Gasteiger partial charge >= 0.3 is 0 Å². The maximum Gasteiger partial charge on any atom is 0.119 e. The molecule has 1 atom stereocenters. The summed E-state index contributed by atoms with van der Waals surface area (Å²) in [4.78, 5) is 2.47. The molecule has 1 aliphatic rings. The summed E-state index contributed by atoms with van der Waals surface area (Å²) in [5.74, 6) is 1.02. The Hall–Kier alpha value is -1.54. The predicted molar refractivity (Wildman–Crippen MR) is 111 cm³/mol. The van der Waals surface area contributed by atoms with Crippen LogP contribution in [0.2, 0.25) is 0 Å². The Labute approximate surface area is 155 Å². The Morgan fingerprint density at radius 1 is 1.32 bits per heavy atom. The van der Waals surface area contributed by atoms with Gasteiger partial charge in [0, 0.05) is 18.7 Å². The zero-order chi connectivity index (χ0) is 18.5. The van der Waals surface area contributed by atoms with Crippen molar-refractivity contribution in [1.29, 1.82) is 0 Å². The summed E-state index contributed by atoms with van der Waals surface area (Å²) >= 11 is 0. The van der Waals surface area contributed by atoms with Gasteiger partial charge in [0.05, 0.1) is 0 Å². The topological polar surface area (TPSA) is 23.5 Å². The third kappa shape index (κ3) is 8.92. The van der Waals surface area contributed by atoms with Crippen LogP contribution in [0.5, 0.6) is 0 Å². The van der Waals surface area contributed by atoms with Gasteiger partial charge in [0.25, 0.3) is 0 Å². The van der Waals surface area contributed by atoms with E-state index in [1.807, 2.05) is 12.2 Å². The molecule has 0 fully saturated rings. The molecule has 2 nitrogen and oxygen atoms in total. The molecular formula is C23H37NO. The molecule has 0 saturated heterocycles. The number of nitrogens with zero attached hydrogens (tertiary/aromatic N) is 1. The van der Waals surface area contributed by atoms with Gasteiger partial charge in [0.1, 0.15) is 5.76 Å². The quantitative estimate of drug-likeness (QED) is 0.441. The highest BCUT2D eigenvalue weighted by molar-refractivity contribution is 5.33. The predicted octanol–water partition coefficient (Wildman–Crippen LogP) is 6.36. The minimum atomic E-state index is 0.408. The van der Waals surface area contributed by atoms with Crippen LogP contribution in [0.15, 0.2) is 59.4 Å². The summed E-state index contributed by atoms with van der Waals surface area (Å²) in [5.41, 5.74) is 2.43. The maximum atomic E-state index is 10.3. The SMILES string of the molecule is C/C=C\C(=C/C(C)CCC)CN(CCCC)CC1=CCC=CC=C1O. The van der Waals surface area contributed by atoms with Crippen LogP contribution in [-0.4, -0.2) is 29.6 Å². The fourth-order valence-corrected chi connectivity index (χ4v) is 3.18. The van der Waals surface area contributed by atoms with Crippen molar-refractivity contribution in [2.75, 3.05) is 19.6 Å². The molecule has 25 heavy (non-hydrogen) atoms. The van der Waals surface area contributed by atoms with Crippen LogP contribution < -0.4 is 0 Å². The van der Waals surface area contributed by atoms with Crippen LogP contribution >= 0.6 is 0 Å². The normalized spacial score (nSPS) is 16.9. The number of hydrogen-bond acceptors (Lipinski definition) is 2. The molecule has 0 saturated carbocycles. The highest BCUT2D eigenvalue weighted by Gasteiger charge is 2.13. The monoisotopic (exact) mass is 343 g/mol. The molecule has 0 aromatic carbocycles. The van der Waals surface area contributed by atoms with Gasteiger partial charge in [-0.2, -0.15) is 0 Å². The van der Waals surface area contributed by atoms with Gasteiger partial charge in [0.15, 0.2) is 0 Å². The number of rotatable bonds is 11. The molecule has 0 amide bonds. The van der Waals surface area contributed by atoms with E-state index in [9.17, 15) is 5.11 Å². The Balaban J connectivity index is 2.86. The van der Waals surface area contributed by atoms with Crippen LogP contribution in [0.3, 0.4) is 0 Å². The number of hydrogen-bond donors (Lipinski definition) is 1. The van der Waals surface area contributed by atoms with E-state index in [2.05, 4.69) is 63.0 Å². The molecule has 1 rings (SSSR count). The zero-order valence-corrected chi connectivity index (χ0v) is 16.7. The molecule has 2 heteroatoms. The number of aliphatic hydroxyl groups is 1. The molecule has 0 aromatic rings. The van der Waals surface area contributed by atoms with E-state index in [0.29, 0.717) is 11.7 Å². The molecule has 0 bridgehead atoms. The summed E-state index contributed by atoms with van der Waals surface area (Å²) in [6.07, 6.45) is 20.5. The van der Waals surface area contributed by atoms with Gasteiger partial charge in [0.2, 0.25) is 0 Å². The van der Waals surface area contributed by atoms with E-state index in [4.69, 9.17) is 0 Å². The summed E-state index contributed by atoms with van der Waals surface area (Å²) in [5, 5.41) is 10.3. The lowest BCUT2D eigenvalue weighted by Gasteiger charge is -2.24. The summed E-state index contributed by atoms with van der Waals surface area (Å²) in [6.45, 7) is 11.7. The van der Waals surface area contributed by atoms with Gasteiger partial charge in [-0.1, -0.05) is 70.1 Å². The summed E-state index contributed by atoms with van der Waals surface area (Å²) in [7, 11) is 0. The van der Waals surface area contributed by atoms with E-state index in [1.54, 1.807) is 0 Å². The van der Waals surface area contributed by atoms with E-state index in [0.717, 1.165) is 31.6 Å². The molecule has 140 valence electrons. The van der Waals surface area contributed by atoms with Crippen LogP contribution in [0.25, 0.3) is 0 Å². The third-order valence-electron chi connectivity index (χ3n) is 4.47. The van der Waals surface area contributed by atoms with E-state index < -0.39 is 0 Å². The van der Waals surface area contributed by atoms with Gasteiger partial charge in [-0.05, 0) is 50.3 Å². The maximum absolute atomic E-state index is 10.3. The van der Waals surface area contributed by atoms with Crippen molar-refractivity contribution in [3.63, 3.8) is 0 Å². The van der Waals surface area contributed by atoms with E-state index in [1.165, 1.54) is 31.3 Å². The average molecular weight is 344 g/mol. The van der Waals surface area contributed by atoms with Crippen molar-refractivity contribution in [2.24, 2.45) is 5.92 Å². The lowest BCUT2D eigenvalue weighted by atomic mass is 10.0. The van der Waals surface area contributed by atoms with Crippen molar-refractivity contribution in [3.8, 4) is 0 Å². The lowest BCUT2D eigenvalue weighted by Crippen LogP contribution is -2.29. The minimum Gasteiger partial charge on any atom is -0.508 e. The molecule has 0 aromatic heterocycles. The van der Waals surface area contributed by atoms with Crippen molar-refractivity contribution in [3.05, 3.63) is 59.4 Å². The first-order valence-corrected chi connectivity index (χ1v) is 9.91. The molecular weight excluding hydrogens is 306 g/mol. The molecule has 1 aliphatic carbocycles. The smallest absolute Gasteiger partial charge is 0.119 e. The van der Waals surface area contributed by atoms with Gasteiger partial charge in [-0.25, -0.2) is 0 Å². The second kappa shape index (κ2) is 12.8. The first-order chi connectivity index (χ1) is 12.1. The largest absolute Gasteiger partial charge is 0.508 e.